The van der Waals surface area contributed by atoms with Gasteiger partial charge in [-0.1, -0.05) is 31.5 Å². The molecular formula is C24H34N4O2S. The Morgan fingerprint density at radius 1 is 1.19 bits per heavy atom. The Morgan fingerprint density at radius 2 is 2.03 bits per heavy atom. The molecule has 168 valence electrons. The summed E-state index contributed by atoms with van der Waals surface area (Å²) in [7, 11) is -0.719. The number of aliphatic imine (C=N–C) groups is 1. The molecule has 1 aromatic carbocycles. The van der Waals surface area contributed by atoms with Gasteiger partial charge in [-0.25, -0.2) is 4.99 Å². The van der Waals surface area contributed by atoms with Crippen molar-refractivity contribution in [1.29, 1.82) is 0 Å². The Kier molecular flexibility index (Phi) is 9.34. The van der Waals surface area contributed by atoms with Crippen LogP contribution in [0.4, 0.5) is 0 Å². The lowest BCUT2D eigenvalue weighted by Crippen LogP contribution is -2.46. The van der Waals surface area contributed by atoms with E-state index in [1.54, 1.807) is 6.20 Å². The van der Waals surface area contributed by atoms with Crippen molar-refractivity contribution >= 4 is 16.8 Å². The molecule has 0 aliphatic heterocycles. The van der Waals surface area contributed by atoms with E-state index in [1.807, 2.05) is 49.4 Å². The third-order valence-electron chi connectivity index (χ3n) is 5.42. The summed E-state index contributed by atoms with van der Waals surface area (Å²) in [5.41, 5.74) is 2.03. The van der Waals surface area contributed by atoms with Crippen molar-refractivity contribution in [2.75, 3.05) is 12.3 Å². The zero-order valence-corrected chi connectivity index (χ0v) is 19.4. The second kappa shape index (κ2) is 12.4. The fourth-order valence-electron chi connectivity index (χ4n) is 3.77. The molecule has 1 saturated carbocycles. The molecule has 1 aliphatic carbocycles. The summed E-state index contributed by atoms with van der Waals surface area (Å²) >= 11 is 0. The number of benzene rings is 1. The van der Waals surface area contributed by atoms with E-state index in [0.717, 1.165) is 60.9 Å². The van der Waals surface area contributed by atoms with E-state index in [-0.39, 0.29) is 0 Å². The van der Waals surface area contributed by atoms with Crippen LogP contribution in [0.3, 0.4) is 0 Å². The van der Waals surface area contributed by atoms with Crippen molar-refractivity contribution in [3.8, 4) is 5.75 Å². The fourth-order valence-corrected chi connectivity index (χ4v) is 5.11. The Hall–Kier alpha value is -2.41. The van der Waals surface area contributed by atoms with E-state index < -0.39 is 10.8 Å². The molecular weight excluding hydrogens is 408 g/mol. The molecule has 0 spiro atoms. The predicted octanol–water partition coefficient (Wildman–Crippen LogP) is 3.80. The lowest BCUT2D eigenvalue weighted by molar-refractivity contribution is 0.301. The molecule has 0 saturated heterocycles. The van der Waals surface area contributed by atoms with Crippen LogP contribution in [0, 0.1) is 0 Å². The first-order valence-corrected chi connectivity index (χ1v) is 12.6. The van der Waals surface area contributed by atoms with Gasteiger partial charge in [-0.05, 0) is 56.0 Å². The van der Waals surface area contributed by atoms with Crippen LogP contribution in [0.15, 0.2) is 53.7 Å². The lowest BCUT2D eigenvalue weighted by Gasteiger charge is -2.30. The molecule has 2 aromatic rings. The van der Waals surface area contributed by atoms with E-state index in [0.29, 0.717) is 24.4 Å². The number of nitrogens with one attached hydrogen (secondary N) is 2. The van der Waals surface area contributed by atoms with Crippen LogP contribution in [0.25, 0.3) is 0 Å². The van der Waals surface area contributed by atoms with Crippen LogP contribution >= 0.6 is 0 Å². The molecule has 6 nitrogen and oxygen atoms in total. The van der Waals surface area contributed by atoms with Gasteiger partial charge in [-0.2, -0.15) is 0 Å². The summed E-state index contributed by atoms with van der Waals surface area (Å²) in [5.74, 6) is 2.39. The minimum atomic E-state index is -0.719. The van der Waals surface area contributed by atoms with E-state index >= 15 is 0 Å². The van der Waals surface area contributed by atoms with E-state index in [9.17, 15) is 4.21 Å². The van der Waals surface area contributed by atoms with Gasteiger partial charge in [0, 0.05) is 40.6 Å². The predicted molar refractivity (Wildman–Crippen MR) is 128 cm³/mol. The Balaban J connectivity index is 1.53. The highest BCUT2D eigenvalue weighted by Gasteiger charge is 2.26. The Morgan fingerprint density at radius 3 is 2.74 bits per heavy atom. The SMILES string of the molecule is CCNC(=NCc1ccc(OCc2ccccn2)cc1)NC1CCCC(S(=O)CC)C1. The summed E-state index contributed by atoms with van der Waals surface area (Å²) in [6.45, 7) is 5.93. The van der Waals surface area contributed by atoms with Crippen LogP contribution in [0.2, 0.25) is 0 Å². The number of rotatable bonds is 9. The second-order valence-corrected chi connectivity index (χ2v) is 9.75. The fraction of sp³-hybridized carbons (Fsp3) is 0.500. The molecule has 31 heavy (non-hydrogen) atoms. The largest absolute Gasteiger partial charge is 0.487 e. The van der Waals surface area contributed by atoms with Gasteiger partial charge in [0.1, 0.15) is 12.4 Å². The number of ether oxygens (including phenoxy) is 1. The van der Waals surface area contributed by atoms with Crippen molar-refractivity contribution in [3.63, 3.8) is 0 Å². The summed E-state index contributed by atoms with van der Waals surface area (Å²) in [6, 6.07) is 14.2. The minimum absolute atomic E-state index is 0.303. The molecule has 3 rings (SSSR count). The average Bonchev–Trinajstić information content (AvgIpc) is 2.82. The maximum Gasteiger partial charge on any atom is 0.191 e. The van der Waals surface area contributed by atoms with Gasteiger partial charge in [-0.3, -0.25) is 9.19 Å². The van der Waals surface area contributed by atoms with Crippen molar-refractivity contribution in [1.82, 2.24) is 15.6 Å². The van der Waals surface area contributed by atoms with Gasteiger partial charge >= 0.3 is 0 Å². The van der Waals surface area contributed by atoms with Crippen LogP contribution in [0.1, 0.15) is 50.8 Å². The topological polar surface area (TPSA) is 75.6 Å². The van der Waals surface area contributed by atoms with E-state index in [4.69, 9.17) is 9.73 Å². The van der Waals surface area contributed by atoms with E-state index in [2.05, 4.69) is 22.5 Å². The maximum absolute atomic E-state index is 12.2. The third kappa shape index (κ3) is 7.65. The highest BCUT2D eigenvalue weighted by Crippen LogP contribution is 2.23. The molecule has 1 heterocycles. The van der Waals surface area contributed by atoms with Crippen molar-refractivity contribution in [2.24, 2.45) is 4.99 Å². The summed E-state index contributed by atoms with van der Waals surface area (Å²) in [5, 5.41) is 7.20. The monoisotopic (exact) mass is 442 g/mol. The van der Waals surface area contributed by atoms with Gasteiger partial charge in [0.25, 0.3) is 0 Å². The number of aromatic nitrogens is 1. The van der Waals surface area contributed by atoms with Crippen molar-refractivity contribution in [2.45, 2.75) is 64.0 Å². The summed E-state index contributed by atoms with van der Waals surface area (Å²) in [4.78, 5) is 9.03. The number of guanidine groups is 1. The molecule has 1 fully saturated rings. The third-order valence-corrected chi connectivity index (χ3v) is 7.16. The first kappa shape index (κ1) is 23.3. The zero-order chi connectivity index (χ0) is 21.9. The van der Waals surface area contributed by atoms with Crippen molar-refractivity contribution < 1.29 is 8.95 Å². The number of hydrogen-bond acceptors (Lipinski definition) is 4. The molecule has 0 radical (unpaired) electrons. The Labute approximate surface area is 188 Å². The second-order valence-electron chi connectivity index (χ2n) is 7.75. The standard InChI is InChI=1S/C24H34N4O2S/c1-3-25-24(28-20-9-7-10-23(16-20)31(29)4-2)27-17-19-11-13-22(14-12-19)30-18-21-8-5-6-15-26-21/h5-6,8,11-15,20,23H,3-4,7,9-10,16-18H2,1-2H3,(H2,25,27,28). The van der Waals surface area contributed by atoms with Gasteiger partial charge < -0.3 is 15.4 Å². The van der Waals surface area contributed by atoms with Crippen LogP contribution < -0.4 is 15.4 Å². The normalized spacial score (nSPS) is 20.1. The van der Waals surface area contributed by atoms with Gasteiger partial charge in [0.05, 0.1) is 12.2 Å². The number of nitrogens with zero attached hydrogens (tertiary/aromatic N) is 2. The summed E-state index contributed by atoms with van der Waals surface area (Å²) < 4.78 is 18.0. The highest BCUT2D eigenvalue weighted by molar-refractivity contribution is 7.85. The molecule has 3 unspecified atom stereocenters. The van der Waals surface area contributed by atoms with Crippen LogP contribution in [-0.2, 0) is 24.0 Å². The van der Waals surface area contributed by atoms with Crippen LogP contribution in [0.5, 0.6) is 5.75 Å². The summed E-state index contributed by atoms with van der Waals surface area (Å²) in [6.07, 6.45) is 6.01. The van der Waals surface area contributed by atoms with E-state index in [1.165, 1.54) is 0 Å². The molecule has 1 aliphatic rings. The first-order valence-electron chi connectivity index (χ1n) is 11.2. The Bertz CT molecular complexity index is 842. The lowest BCUT2D eigenvalue weighted by atomic mass is 9.95. The highest BCUT2D eigenvalue weighted by atomic mass is 32.2. The molecule has 0 amide bonds. The molecule has 0 bridgehead atoms. The quantitative estimate of drug-likeness (QED) is 0.456. The molecule has 2 N–H and O–H groups in total. The maximum atomic E-state index is 12.2. The first-order chi connectivity index (χ1) is 15.2. The van der Waals surface area contributed by atoms with Gasteiger partial charge in [0.2, 0.25) is 0 Å². The number of pyridine rings is 1. The van der Waals surface area contributed by atoms with Crippen LogP contribution in [-0.4, -0.2) is 38.7 Å². The molecule has 1 aromatic heterocycles. The van der Waals surface area contributed by atoms with Gasteiger partial charge in [0.15, 0.2) is 5.96 Å². The average molecular weight is 443 g/mol. The molecule has 7 heteroatoms. The minimum Gasteiger partial charge on any atom is -0.487 e. The van der Waals surface area contributed by atoms with Gasteiger partial charge in [-0.15, -0.1) is 0 Å². The van der Waals surface area contributed by atoms with Crippen molar-refractivity contribution in [3.05, 3.63) is 59.9 Å². The smallest absolute Gasteiger partial charge is 0.191 e. The number of hydrogen-bond donors (Lipinski definition) is 2. The molecule has 3 atom stereocenters. The zero-order valence-electron chi connectivity index (χ0n) is 18.5.